The van der Waals surface area contributed by atoms with E-state index >= 15 is 0 Å². The van der Waals surface area contributed by atoms with Gasteiger partial charge < -0.3 is 10.2 Å². The number of nitrogens with zero attached hydrogens (tertiary/aromatic N) is 2. The van der Waals surface area contributed by atoms with Crippen LogP contribution in [-0.2, 0) is 6.54 Å². The third kappa shape index (κ3) is 2.73. The highest BCUT2D eigenvalue weighted by Crippen LogP contribution is 2.44. The van der Waals surface area contributed by atoms with Crippen molar-refractivity contribution in [2.45, 2.75) is 75.9 Å². The molecule has 0 aliphatic heterocycles. The smallest absolute Gasteiger partial charge is 0.185 e. The van der Waals surface area contributed by atoms with Gasteiger partial charge in [-0.2, -0.15) is 0 Å². The van der Waals surface area contributed by atoms with E-state index in [4.69, 9.17) is 4.98 Å². The second-order valence-corrected chi connectivity index (χ2v) is 7.85. The highest BCUT2D eigenvalue weighted by molar-refractivity contribution is 7.15. The summed E-state index contributed by atoms with van der Waals surface area (Å²) < 4.78 is 0. The molecule has 3 aliphatic rings. The Hall–Kier alpha value is -0.610. The van der Waals surface area contributed by atoms with Crippen LogP contribution in [0.5, 0.6) is 0 Å². The van der Waals surface area contributed by atoms with Gasteiger partial charge in [-0.3, -0.25) is 0 Å². The monoisotopic (exact) mass is 291 g/mol. The van der Waals surface area contributed by atoms with Gasteiger partial charge in [-0.15, -0.1) is 11.3 Å². The van der Waals surface area contributed by atoms with Crippen molar-refractivity contribution in [3.8, 4) is 0 Å². The fourth-order valence-electron chi connectivity index (χ4n) is 3.28. The Morgan fingerprint density at radius 3 is 2.55 bits per heavy atom. The molecular formula is C16H25N3S. The van der Waals surface area contributed by atoms with Gasteiger partial charge in [-0.25, -0.2) is 4.98 Å². The van der Waals surface area contributed by atoms with Gasteiger partial charge in [-0.05, 0) is 38.5 Å². The summed E-state index contributed by atoms with van der Waals surface area (Å²) in [7, 11) is 2.25. The molecule has 110 valence electrons. The average Bonchev–Trinajstić information content (AvgIpc) is 3.38. The Morgan fingerprint density at radius 1 is 1.15 bits per heavy atom. The topological polar surface area (TPSA) is 28.2 Å². The molecule has 0 amide bonds. The van der Waals surface area contributed by atoms with Gasteiger partial charge in [0.25, 0.3) is 0 Å². The molecule has 1 N–H and O–H groups in total. The molecule has 0 saturated heterocycles. The van der Waals surface area contributed by atoms with Crippen molar-refractivity contribution in [1.29, 1.82) is 0 Å². The number of nitrogens with one attached hydrogen (secondary N) is 1. The minimum atomic E-state index is 0.734. The first-order valence-electron chi connectivity index (χ1n) is 8.27. The number of aromatic nitrogens is 1. The lowest BCUT2D eigenvalue weighted by Gasteiger charge is -2.23. The molecule has 4 heteroatoms. The summed E-state index contributed by atoms with van der Waals surface area (Å²) in [6.07, 6.45) is 10.9. The van der Waals surface area contributed by atoms with Crippen molar-refractivity contribution < 1.29 is 0 Å². The quantitative estimate of drug-likeness (QED) is 0.867. The number of rotatable bonds is 6. The molecule has 3 fully saturated rings. The van der Waals surface area contributed by atoms with Crippen LogP contribution in [0.25, 0.3) is 0 Å². The van der Waals surface area contributed by atoms with Gasteiger partial charge in [-0.1, -0.05) is 12.8 Å². The second kappa shape index (κ2) is 5.30. The Morgan fingerprint density at radius 2 is 1.90 bits per heavy atom. The Labute approximate surface area is 125 Å². The minimum Gasteiger partial charge on any atom is -0.348 e. The van der Waals surface area contributed by atoms with Crippen molar-refractivity contribution in [3.63, 3.8) is 0 Å². The molecule has 0 unspecified atom stereocenters. The number of hydrogen-bond donors (Lipinski definition) is 1. The number of anilines is 1. The van der Waals surface area contributed by atoms with Crippen LogP contribution in [0.3, 0.4) is 0 Å². The van der Waals surface area contributed by atoms with E-state index in [9.17, 15) is 0 Å². The van der Waals surface area contributed by atoms with E-state index in [1.165, 1.54) is 67.1 Å². The fraction of sp³-hybridized carbons (Fsp3) is 0.812. The van der Waals surface area contributed by atoms with E-state index in [1.807, 2.05) is 11.3 Å². The summed E-state index contributed by atoms with van der Waals surface area (Å²) in [5.74, 6) is 0.771. The van der Waals surface area contributed by atoms with E-state index in [1.54, 1.807) is 0 Å². The molecule has 0 spiro atoms. The van der Waals surface area contributed by atoms with E-state index in [0.717, 1.165) is 24.5 Å². The maximum Gasteiger partial charge on any atom is 0.185 e. The van der Waals surface area contributed by atoms with Gasteiger partial charge in [0.15, 0.2) is 5.13 Å². The molecular weight excluding hydrogens is 266 g/mol. The molecule has 3 saturated carbocycles. The number of thiazole rings is 1. The van der Waals surface area contributed by atoms with E-state index < -0.39 is 0 Å². The van der Waals surface area contributed by atoms with Crippen LogP contribution in [0, 0.1) is 0 Å². The first kappa shape index (κ1) is 13.1. The van der Waals surface area contributed by atoms with Crippen LogP contribution in [-0.4, -0.2) is 24.1 Å². The molecule has 0 aromatic carbocycles. The first-order valence-corrected chi connectivity index (χ1v) is 9.08. The van der Waals surface area contributed by atoms with Gasteiger partial charge in [0.2, 0.25) is 0 Å². The molecule has 1 heterocycles. The zero-order valence-electron chi connectivity index (χ0n) is 12.4. The van der Waals surface area contributed by atoms with Crippen LogP contribution in [0.4, 0.5) is 5.13 Å². The minimum absolute atomic E-state index is 0.734. The van der Waals surface area contributed by atoms with Crippen LogP contribution in [0.1, 0.15) is 67.9 Å². The highest BCUT2D eigenvalue weighted by Gasteiger charge is 2.32. The van der Waals surface area contributed by atoms with Crippen molar-refractivity contribution in [1.82, 2.24) is 10.3 Å². The zero-order valence-corrected chi connectivity index (χ0v) is 13.2. The lowest BCUT2D eigenvalue weighted by Crippen LogP contribution is -2.28. The normalized spacial score (nSPS) is 23.4. The third-order valence-corrected chi connectivity index (χ3v) is 6.14. The van der Waals surface area contributed by atoms with Gasteiger partial charge >= 0.3 is 0 Å². The first-order chi connectivity index (χ1) is 9.81. The van der Waals surface area contributed by atoms with E-state index in [2.05, 4.69) is 17.3 Å². The molecule has 1 aromatic rings. The SMILES string of the molecule is CN(c1nc(C2CC2)c(CNC2CC2)s1)C1CCCC1. The summed E-state index contributed by atoms with van der Waals surface area (Å²) in [5.41, 5.74) is 1.42. The molecule has 0 bridgehead atoms. The molecule has 0 atom stereocenters. The Kier molecular flexibility index (Phi) is 3.47. The fourth-order valence-corrected chi connectivity index (χ4v) is 4.41. The van der Waals surface area contributed by atoms with Crippen LogP contribution >= 0.6 is 11.3 Å². The molecule has 4 rings (SSSR count). The summed E-state index contributed by atoms with van der Waals surface area (Å²) in [4.78, 5) is 9.00. The molecule has 0 radical (unpaired) electrons. The predicted molar refractivity (Wildman–Crippen MR) is 84.6 cm³/mol. The Balaban J connectivity index is 1.51. The van der Waals surface area contributed by atoms with Crippen molar-refractivity contribution in [2.24, 2.45) is 0 Å². The maximum absolute atomic E-state index is 5.02. The van der Waals surface area contributed by atoms with Crippen molar-refractivity contribution in [2.75, 3.05) is 11.9 Å². The van der Waals surface area contributed by atoms with Gasteiger partial charge in [0.1, 0.15) is 0 Å². The van der Waals surface area contributed by atoms with Gasteiger partial charge in [0, 0.05) is 36.5 Å². The predicted octanol–water partition coefficient (Wildman–Crippen LogP) is 3.65. The lowest BCUT2D eigenvalue weighted by molar-refractivity contribution is 0.650. The van der Waals surface area contributed by atoms with Crippen molar-refractivity contribution >= 4 is 16.5 Å². The molecule has 3 aliphatic carbocycles. The molecule has 20 heavy (non-hydrogen) atoms. The van der Waals surface area contributed by atoms with Crippen molar-refractivity contribution in [3.05, 3.63) is 10.6 Å². The Bertz CT molecular complexity index is 470. The summed E-state index contributed by atoms with van der Waals surface area (Å²) in [6.45, 7) is 1.05. The molecule has 3 nitrogen and oxygen atoms in total. The summed E-state index contributed by atoms with van der Waals surface area (Å²) >= 11 is 1.94. The third-order valence-electron chi connectivity index (χ3n) is 4.98. The van der Waals surface area contributed by atoms with Crippen LogP contribution < -0.4 is 10.2 Å². The molecule has 1 aromatic heterocycles. The van der Waals surface area contributed by atoms with E-state index in [-0.39, 0.29) is 0 Å². The summed E-state index contributed by atoms with van der Waals surface area (Å²) in [6, 6.07) is 1.53. The van der Waals surface area contributed by atoms with Crippen LogP contribution in [0.2, 0.25) is 0 Å². The standard InChI is InChI=1S/C16H25N3S/c1-19(13-4-2-3-5-13)16-18-15(11-6-7-11)14(20-16)10-17-12-8-9-12/h11-13,17H,2-10H2,1H3. The second-order valence-electron chi connectivity index (χ2n) is 6.78. The lowest BCUT2D eigenvalue weighted by atomic mass is 10.2. The van der Waals surface area contributed by atoms with E-state index in [0.29, 0.717) is 0 Å². The average molecular weight is 291 g/mol. The summed E-state index contributed by atoms with van der Waals surface area (Å²) in [5, 5.41) is 4.94. The van der Waals surface area contributed by atoms with Gasteiger partial charge in [0.05, 0.1) is 5.69 Å². The maximum atomic E-state index is 5.02. The largest absolute Gasteiger partial charge is 0.348 e. The number of hydrogen-bond acceptors (Lipinski definition) is 4. The zero-order chi connectivity index (χ0) is 13.5. The van der Waals surface area contributed by atoms with Crippen LogP contribution in [0.15, 0.2) is 0 Å². The highest BCUT2D eigenvalue weighted by atomic mass is 32.1.